The highest BCUT2D eigenvalue weighted by Gasteiger charge is 2.08. The molecule has 0 saturated heterocycles. The average Bonchev–Trinajstić information content (AvgIpc) is 2.11. The highest BCUT2D eigenvalue weighted by atomic mass is 16.3. The van der Waals surface area contributed by atoms with E-state index in [1.165, 1.54) is 0 Å². The Morgan fingerprint density at radius 2 is 2.25 bits per heavy atom. The zero-order chi connectivity index (χ0) is 9.56. The predicted octanol–water partition coefficient (Wildman–Crippen LogP) is 1.70. The standard InChI is InChI=1S/C10H16O2/c1-4-9(3)10(12)6-5-8(2)7-11/h4-5,7,9-10,12H,1,6H2,2-3H3/b8-5+. The van der Waals surface area contributed by atoms with E-state index in [4.69, 9.17) is 0 Å². The van der Waals surface area contributed by atoms with E-state index in [0.29, 0.717) is 12.0 Å². The molecule has 0 heterocycles. The molecule has 0 amide bonds. The fraction of sp³-hybridized carbons (Fsp3) is 0.500. The number of aliphatic hydroxyl groups excluding tert-OH is 1. The highest BCUT2D eigenvalue weighted by molar-refractivity contribution is 5.71. The number of rotatable bonds is 5. The maximum Gasteiger partial charge on any atom is 0.145 e. The third-order valence-corrected chi connectivity index (χ3v) is 1.85. The molecule has 2 atom stereocenters. The zero-order valence-corrected chi connectivity index (χ0v) is 7.66. The Labute approximate surface area is 73.6 Å². The van der Waals surface area contributed by atoms with Gasteiger partial charge in [0.25, 0.3) is 0 Å². The van der Waals surface area contributed by atoms with E-state index in [1.54, 1.807) is 19.1 Å². The van der Waals surface area contributed by atoms with E-state index in [2.05, 4.69) is 6.58 Å². The first-order valence-corrected chi connectivity index (χ1v) is 4.04. The van der Waals surface area contributed by atoms with Crippen LogP contribution >= 0.6 is 0 Å². The van der Waals surface area contributed by atoms with Gasteiger partial charge in [-0.05, 0) is 24.8 Å². The lowest BCUT2D eigenvalue weighted by Gasteiger charge is -2.12. The van der Waals surface area contributed by atoms with E-state index in [-0.39, 0.29) is 5.92 Å². The molecular weight excluding hydrogens is 152 g/mol. The lowest BCUT2D eigenvalue weighted by molar-refractivity contribution is -0.104. The molecule has 2 heteroatoms. The second-order valence-corrected chi connectivity index (χ2v) is 2.96. The monoisotopic (exact) mass is 168 g/mol. The van der Waals surface area contributed by atoms with Crippen molar-refractivity contribution in [3.05, 3.63) is 24.3 Å². The Morgan fingerprint density at radius 3 is 2.67 bits per heavy atom. The fourth-order valence-corrected chi connectivity index (χ4v) is 0.726. The average molecular weight is 168 g/mol. The van der Waals surface area contributed by atoms with Gasteiger partial charge in [-0.2, -0.15) is 0 Å². The van der Waals surface area contributed by atoms with E-state index in [1.807, 2.05) is 6.92 Å². The first-order valence-electron chi connectivity index (χ1n) is 4.04. The second kappa shape index (κ2) is 5.72. The zero-order valence-electron chi connectivity index (χ0n) is 7.66. The van der Waals surface area contributed by atoms with E-state index >= 15 is 0 Å². The smallest absolute Gasteiger partial charge is 0.145 e. The molecule has 0 spiro atoms. The Hall–Kier alpha value is -0.890. The lowest BCUT2D eigenvalue weighted by Crippen LogP contribution is -2.14. The summed E-state index contributed by atoms with van der Waals surface area (Å²) in [5.41, 5.74) is 0.658. The molecule has 0 aliphatic carbocycles. The van der Waals surface area contributed by atoms with Crippen LogP contribution in [0.15, 0.2) is 24.3 Å². The fourth-order valence-electron chi connectivity index (χ4n) is 0.726. The number of hydrogen-bond acceptors (Lipinski definition) is 2. The number of aldehydes is 1. The number of allylic oxidation sites excluding steroid dienone is 1. The third kappa shape index (κ3) is 4.09. The first-order chi connectivity index (χ1) is 5.61. The molecule has 0 aromatic heterocycles. The summed E-state index contributed by atoms with van der Waals surface area (Å²) >= 11 is 0. The van der Waals surface area contributed by atoms with Gasteiger partial charge < -0.3 is 5.11 Å². The van der Waals surface area contributed by atoms with Crippen molar-refractivity contribution in [2.75, 3.05) is 0 Å². The molecule has 68 valence electrons. The molecule has 0 aliphatic heterocycles. The van der Waals surface area contributed by atoms with Crippen molar-refractivity contribution in [3.8, 4) is 0 Å². The van der Waals surface area contributed by atoms with E-state index in [0.717, 1.165) is 6.29 Å². The van der Waals surface area contributed by atoms with Gasteiger partial charge in [-0.3, -0.25) is 4.79 Å². The van der Waals surface area contributed by atoms with Gasteiger partial charge in [0.15, 0.2) is 0 Å². The summed E-state index contributed by atoms with van der Waals surface area (Å²) in [5.74, 6) is 0.0701. The maximum absolute atomic E-state index is 10.2. The molecule has 2 unspecified atom stereocenters. The Balaban J connectivity index is 3.92. The molecule has 0 fully saturated rings. The van der Waals surface area contributed by atoms with Gasteiger partial charge in [-0.1, -0.05) is 19.1 Å². The summed E-state index contributed by atoms with van der Waals surface area (Å²) in [7, 11) is 0. The van der Waals surface area contributed by atoms with Crippen LogP contribution in [0.3, 0.4) is 0 Å². The molecule has 12 heavy (non-hydrogen) atoms. The normalized spacial score (nSPS) is 16.8. The number of hydrogen-bond donors (Lipinski definition) is 1. The molecule has 2 nitrogen and oxygen atoms in total. The third-order valence-electron chi connectivity index (χ3n) is 1.85. The van der Waals surface area contributed by atoms with Crippen molar-refractivity contribution < 1.29 is 9.90 Å². The van der Waals surface area contributed by atoms with Crippen LogP contribution in [0.5, 0.6) is 0 Å². The van der Waals surface area contributed by atoms with Crippen molar-refractivity contribution in [2.24, 2.45) is 5.92 Å². The summed E-state index contributed by atoms with van der Waals surface area (Å²) in [6, 6.07) is 0. The molecule has 0 aromatic carbocycles. The highest BCUT2D eigenvalue weighted by Crippen LogP contribution is 2.09. The van der Waals surface area contributed by atoms with Crippen LogP contribution < -0.4 is 0 Å². The summed E-state index contributed by atoms with van der Waals surface area (Å²) in [5, 5.41) is 9.43. The van der Waals surface area contributed by atoms with Gasteiger partial charge in [0, 0.05) is 0 Å². The summed E-state index contributed by atoms with van der Waals surface area (Å²) < 4.78 is 0. The lowest BCUT2D eigenvalue weighted by atomic mass is 10.0. The van der Waals surface area contributed by atoms with Gasteiger partial charge in [-0.15, -0.1) is 6.58 Å². The minimum Gasteiger partial charge on any atom is -0.392 e. The first kappa shape index (κ1) is 11.1. The van der Waals surface area contributed by atoms with Gasteiger partial charge >= 0.3 is 0 Å². The van der Waals surface area contributed by atoms with Gasteiger partial charge in [0.05, 0.1) is 6.10 Å². The second-order valence-electron chi connectivity index (χ2n) is 2.96. The van der Waals surface area contributed by atoms with Crippen LogP contribution in [0.4, 0.5) is 0 Å². The van der Waals surface area contributed by atoms with E-state index in [9.17, 15) is 9.90 Å². The van der Waals surface area contributed by atoms with Crippen molar-refractivity contribution in [1.29, 1.82) is 0 Å². The Morgan fingerprint density at radius 1 is 1.67 bits per heavy atom. The number of aliphatic hydroxyl groups is 1. The van der Waals surface area contributed by atoms with Crippen molar-refractivity contribution in [2.45, 2.75) is 26.4 Å². The molecule has 0 rings (SSSR count). The molecule has 0 aromatic rings. The quantitative estimate of drug-likeness (QED) is 0.385. The van der Waals surface area contributed by atoms with Crippen molar-refractivity contribution in [1.82, 2.24) is 0 Å². The van der Waals surface area contributed by atoms with Gasteiger partial charge in [0.2, 0.25) is 0 Å². The topological polar surface area (TPSA) is 37.3 Å². The molecule has 0 saturated carbocycles. The largest absolute Gasteiger partial charge is 0.392 e. The SMILES string of the molecule is C=CC(C)C(O)C/C=C(\C)C=O. The van der Waals surface area contributed by atoms with Crippen LogP contribution in [0.2, 0.25) is 0 Å². The summed E-state index contributed by atoms with van der Waals surface area (Å²) in [6.45, 7) is 7.19. The minimum atomic E-state index is -0.433. The molecule has 0 radical (unpaired) electrons. The number of carbonyl (C=O) groups is 1. The maximum atomic E-state index is 10.2. The van der Waals surface area contributed by atoms with Crippen LogP contribution in [0.25, 0.3) is 0 Å². The molecule has 0 bridgehead atoms. The van der Waals surface area contributed by atoms with Crippen LogP contribution in [-0.4, -0.2) is 17.5 Å². The Bertz CT molecular complexity index is 182. The predicted molar refractivity (Wildman–Crippen MR) is 49.8 cm³/mol. The molecule has 0 aliphatic rings. The Kier molecular flexibility index (Phi) is 5.30. The molecule has 1 N–H and O–H groups in total. The van der Waals surface area contributed by atoms with E-state index < -0.39 is 6.10 Å². The van der Waals surface area contributed by atoms with Crippen LogP contribution in [0, 0.1) is 5.92 Å². The van der Waals surface area contributed by atoms with Gasteiger partial charge in [-0.25, -0.2) is 0 Å². The molecular formula is C10H16O2. The van der Waals surface area contributed by atoms with Crippen molar-refractivity contribution in [3.63, 3.8) is 0 Å². The van der Waals surface area contributed by atoms with Crippen LogP contribution in [0.1, 0.15) is 20.3 Å². The number of carbonyl (C=O) groups excluding carboxylic acids is 1. The van der Waals surface area contributed by atoms with Crippen LogP contribution in [-0.2, 0) is 4.79 Å². The van der Waals surface area contributed by atoms with Crippen molar-refractivity contribution >= 4 is 6.29 Å². The van der Waals surface area contributed by atoms with Gasteiger partial charge in [0.1, 0.15) is 6.29 Å². The summed E-state index contributed by atoms with van der Waals surface area (Å²) in [4.78, 5) is 10.2. The summed E-state index contributed by atoms with van der Waals surface area (Å²) in [6.07, 6.45) is 4.30. The minimum absolute atomic E-state index is 0.0701.